The second-order valence-electron chi connectivity index (χ2n) is 4.40. The zero-order valence-electron chi connectivity index (χ0n) is 8.38. The summed E-state index contributed by atoms with van der Waals surface area (Å²) in [5.41, 5.74) is -0.276. The summed E-state index contributed by atoms with van der Waals surface area (Å²) in [5, 5.41) is 12.3. The molecule has 1 saturated carbocycles. The largest absolute Gasteiger partial charge is 0.301 e. The summed E-state index contributed by atoms with van der Waals surface area (Å²) in [6.07, 6.45) is 3.63. The minimum atomic E-state index is -0.276. The van der Waals surface area contributed by atoms with Crippen LogP contribution >= 0.6 is 0 Å². The molecule has 2 unspecified atom stereocenters. The van der Waals surface area contributed by atoms with Crippen LogP contribution in [0, 0.1) is 11.3 Å². The van der Waals surface area contributed by atoms with Gasteiger partial charge in [-0.1, -0.05) is 0 Å². The van der Waals surface area contributed by atoms with Gasteiger partial charge in [-0.2, -0.15) is 5.26 Å². The van der Waals surface area contributed by atoms with Crippen LogP contribution in [0.4, 0.5) is 0 Å². The van der Waals surface area contributed by atoms with Crippen molar-refractivity contribution in [3.63, 3.8) is 0 Å². The SMILES string of the molecule is CNC1(C#N)CC(C)N(C2CC2)C1. The molecular weight excluding hydrogens is 162 g/mol. The molecule has 0 aromatic rings. The van der Waals surface area contributed by atoms with Gasteiger partial charge in [0.15, 0.2) is 0 Å². The van der Waals surface area contributed by atoms with Crippen molar-refractivity contribution in [2.24, 2.45) is 0 Å². The number of hydrogen-bond donors (Lipinski definition) is 1. The van der Waals surface area contributed by atoms with E-state index in [1.54, 1.807) is 0 Å². The first-order valence-corrected chi connectivity index (χ1v) is 5.07. The average molecular weight is 179 g/mol. The third kappa shape index (κ3) is 1.45. The van der Waals surface area contributed by atoms with E-state index in [4.69, 9.17) is 5.26 Å². The lowest BCUT2D eigenvalue weighted by molar-refractivity contribution is 0.251. The van der Waals surface area contributed by atoms with Gasteiger partial charge in [0.25, 0.3) is 0 Å². The highest BCUT2D eigenvalue weighted by Gasteiger charge is 2.46. The fraction of sp³-hybridized carbons (Fsp3) is 0.900. The topological polar surface area (TPSA) is 39.1 Å². The molecule has 1 heterocycles. The molecule has 13 heavy (non-hydrogen) atoms. The first-order valence-electron chi connectivity index (χ1n) is 5.07. The standard InChI is InChI=1S/C10H17N3/c1-8-5-10(6-11,12-2)7-13(8)9-3-4-9/h8-9,12H,3-5,7H2,1-2H3. The monoisotopic (exact) mass is 179 g/mol. The molecule has 3 heteroatoms. The van der Waals surface area contributed by atoms with Gasteiger partial charge < -0.3 is 5.32 Å². The summed E-state index contributed by atoms with van der Waals surface area (Å²) in [7, 11) is 1.90. The lowest BCUT2D eigenvalue weighted by Crippen LogP contribution is -2.44. The van der Waals surface area contributed by atoms with Gasteiger partial charge in [-0.25, -0.2) is 0 Å². The van der Waals surface area contributed by atoms with Crippen LogP contribution in [0.3, 0.4) is 0 Å². The first-order chi connectivity index (χ1) is 6.21. The minimum absolute atomic E-state index is 0.276. The van der Waals surface area contributed by atoms with Crippen LogP contribution in [0.15, 0.2) is 0 Å². The summed E-state index contributed by atoms with van der Waals surface area (Å²) >= 11 is 0. The number of nitriles is 1. The molecule has 1 aliphatic heterocycles. The Balaban J connectivity index is 2.08. The summed E-state index contributed by atoms with van der Waals surface area (Å²) in [5.74, 6) is 0. The summed E-state index contributed by atoms with van der Waals surface area (Å²) in [6, 6.07) is 3.76. The molecule has 1 N–H and O–H groups in total. The molecule has 0 radical (unpaired) electrons. The predicted octanol–water partition coefficient (Wildman–Crippen LogP) is 0.725. The van der Waals surface area contributed by atoms with Gasteiger partial charge in [-0.05, 0) is 33.2 Å². The van der Waals surface area contributed by atoms with Crippen molar-refractivity contribution >= 4 is 0 Å². The smallest absolute Gasteiger partial charge is 0.120 e. The zero-order valence-corrected chi connectivity index (χ0v) is 8.38. The minimum Gasteiger partial charge on any atom is -0.301 e. The molecular formula is C10H17N3. The van der Waals surface area contributed by atoms with E-state index >= 15 is 0 Å². The van der Waals surface area contributed by atoms with E-state index in [0.717, 1.165) is 19.0 Å². The normalized spacial score (nSPS) is 40.5. The molecule has 2 rings (SSSR count). The van der Waals surface area contributed by atoms with Gasteiger partial charge in [0.05, 0.1) is 6.07 Å². The van der Waals surface area contributed by atoms with Crippen LogP contribution in [0.5, 0.6) is 0 Å². The average Bonchev–Trinajstić information content (AvgIpc) is 2.91. The molecule has 1 saturated heterocycles. The molecule has 0 bridgehead atoms. The van der Waals surface area contributed by atoms with Crippen molar-refractivity contribution in [1.82, 2.24) is 10.2 Å². The molecule has 0 amide bonds. The highest BCUT2D eigenvalue weighted by atomic mass is 15.3. The zero-order chi connectivity index (χ0) is 9.47. The van der Waals surface area contributed by atoms with E-state index in [1.165, 1.54) is 12.8 Å². The Bertz CT molecular complexity index is 241. The summed E-state index contributed by atoms with van der Waals surface area (Å²) < 4.78 is 0. The Hall–Kier alpha value is -0.590. The second-order valence-corrected chi connectivity index (χ2v) is 4.40. The summed E-state index contributed by atoms with van der Waals surface area (Å²) in [4.78, 5) is 2.49. The van der Waals surface area contributed by atoms with E-state index in [-0.39, 0.29) is 5.54 Å². The number of nitrogens with one attached hydrogen (secondary N) is 1. The second kappa shape index (κ2) is 2.97. The molecule has 72 valence electrons. The van der Waals surface area contributed by atoms with Crippen molar-refractivity contribution in [3.8, 4) is 6.07 Å². The third-order valence-corrected chi connectivity index (χ3v) is 3.37. The molecule has 0 aromatic heterocycles. The predicted molar refractivity (Wildman–Crippen MR) is 51.2 cm³/mol. The van der Waals surface area contributed by atoms with E-state index in [9.17, 15) is 0 Å². The number of rotatable bonds is 2. The van der Waals surface area contributed by atoms with Crippen molar-refractivity contribution in [2.75, 3.05) is 13.6 Å². The molecule has 0 spiro atoms. The Kier molecular flexibility index (Phi) is 2.05. The van der Waals surface area contributed by atoms with E-state index in [0.29, 0.717) is 6.04 Å². The number of likely N-dealkylation sites (N-methyl/N-ethyl adjacent to an activating group) is 1. The van der Waals surface area contributed by atoms with Crippen LogP contribution in [0.2, 0.25) is 0 Å². The lowest BCUT2D eigenvalue weighted by Gasteiger charge is -2.21. The lowest BCUT2D eigenvalue weighted by atomic mass is 9.99. The Labute approximate surface area is 79.7 Å². The Morgan fingerprint density at radius 1 is 1.54 bits per heavy atom. The van der Waals surface area contributed by atoms with Gasteiger partial charge in [-0.15, -0.1) is 0 Å². The molecule has 1 aliphatic carbocycles. The van der Waals surface area contributed by atoms with Crippen LogP contribution < -0.4 is 5.32 Å². The van der Waals surface area contributed by atoms with Crippen molar-refractivity contribution in [2.45, 2.75) is 43.8 Å². The van der Waals surface area contributed by atoms with Gasteiger partial charge in [0.1, 0.15) is 5.54 Å². The van der Waals surface area contributed by atoms with Gasteiger partial charge in [-0.3, -0.25) is 4.90 Å². The van der Waals surface area contributed by atoms with Gasteiger partial charge in [0, 0.05) is 18.6 Å². The van der Waals surface area contributed by atoms with Crippen molar-refractivity contribution in [1.29, 1.82) is 5.26 Å². The third-order valence-electron chi connectivity index (χ3n) is 3.37. The molecule has 3 nitrogen and oxygen atoms in total. The number of likely N-dealkylation sites (tertiary alicyclic amines) is 1. The van der Waals surface area contributed by atoms with Crippen LogP contribution in [0.1, 0.15) is 26.2 Å². The van der Waals surface area contributed by atoms with E-state index in [2.05, 4.69) is 23.2 Å². The summed E-state index contributed by atoms with van der Waals surface area (Å²) in [6.45, 7) is 3.14. The molecule has 2 aliphatic rings. The molecule has 2 fully saturated rings. The number of nitrogens with zero attached hydrogens (tertiary/aromatic N) is 2. The van der Waals surface area contributed by atoms with Gasteiger partial charge >= 0.3 is 0 Å². The molecule has 2 atom stereocenters. The quantitative estimate of drug-likeness (QED) is 0.679. The van der Waals surface area contributed by atoms with Crippen LogP contribution in [-0.2, 0) is 0 Å². The highest BCUT2D eigenvalue weighted by Crippen LogP contribution is 2.36. The van der Waals surface area contributed by atoms with Gasteiger partial charge in [0.2, 0.25) is 0 Å². The fourth-order valence-electron chi connectivity index (χ4n) is 2.37. The fourth-order valence-corrected chi connectivity index (χ4v) is 2.37. The highest BCUT2D eigenvalue weighted by molar-refractivity contribution is 5.15. The maximum Gasteiger partial charge on any atom is 0.120 e. The Morgan fingerprint density at radius 2 is 2.23 bits per heavy atom. The van der Waals surface area contributed by atoms with Crippen LogP contribution in [-0.4, -0.2) is 36.1 Å². The van der Waals surface area contributed by atoms with E-state index < -0.39 is 0 Å². The maximum atomic E-state index is 9.12. The number of hydrogen-bond acceptors (Lipinski definition) is 3. The van der Waals surface area contributed by atoms with Crippen molar-refractivity contribution < 1.29 is 0 Å². The maximum absolute atomic E-state index is 9.12. The van der Waals surface area contributed by atoms with Crippen LogP contribution in [0.25, 0.3) is 0 Å². The Morgan fingerprint density at radius 3 is 2.62 bits per heavy atom. The van der Waals surface area contributed by atoms with Crippen molar-refractivity contribution in [3.05, 3.63) is 0 Å². The molecule has 0 aromatic carbocycles. The first kappa shape index (κ1) is 8.98. The van der Waals surface area contributed by atoms with E-state index in [1.807, 2.05) is 7.05 Å².